The van der Waals surface area contributed by atoms with E-state index in [2.05, 4.69) is 10.3 Å². The Bertz CT molecular complexity index is 989. The molecule has 27 heavy (non-hydrogen) atoms. The molecule has 0 aliphatic carbocycles. The average Bonchev–Trinajstić information content (AvgIpc) is 3.13. The second-order valence-electron chi connectivity index (χ2n) is 5.63. The number of aryl methyl sites for hydroxylation is 1. The van der Waals surface area contributed by atoms with Gasteiger partial charge in [-0.15, -0.1) is 11.3 Å². The maximum absolute atomic E-state index is 13.0. The van der Waals surface area contributed by atoms with Crippen molar-refractivity contribution in [3.63, 3.8) is 0 Å². The molecule has 8 heteroatoms. The number of aromatic nitrogens is 1. The van der Waals surface area contributed by atoms with E-state index in [-0.39, 0.29) is 11.5 Å². The van der Waals surface area contributed by atoms with Gasteiger partial charge in [0.05, 0.1) is 0 Å². The number of hydrogen-bond acceptors (Lipinski definition) is 5. The van der Waals surface area contributed by atoms with Gasteiger partial charge in [-0.1, -0.05) is 17.7 Å². The summed E-state index contributed by atoms with van der Waals surface area (Å²) in [6.07, 6.45) is 0. The molecule has 0 bridgehead atoms. The number of rotatable bonds is 5. The van der Waals surface area contributed by atoms with Gasteiger partial charge in [-0.25, -0.2) is 14.2 Å². The fourth-order valence-corrected chi connectivity index (χ4v) is 3.14. The third-order valence-corrected chi connectivity index (χ3v) is 4.89. The molecular formula is C19H14ClFN2O3S. The Kier molecular flexibility index (Phi) is 5.83. The quantitative estimate of drug-likeness (QED) is 0.625. The zero-order valence-corrected chi connectivity index (χ0v) is 15.7. The molecule has 3 aromatic rings. The van der Waals surface area contributed by atoms with E-state index in [4.69, 9.17) is 16.3 Å². The first-order chi connectivity index (χ1) is 12.9. The van der Waals surface area contributed by atoms with Gasteiger partial charge >= 0.3 is 5.97 Å². The topological polar surface area (TPSA) is 68.3 Å². The highest BCUT2D eigenvalue weighted by Crippen LogP contribution is 2.24. The first kappa shape index (κ1) is 19.0. The second-order valence-corrected chi connectivity index (χ2v) is 6.90. The molecule has 1 aromatic heterocycles. The number of benzene rings is 2. The van der Waals surface area contributed by atoms with Crippen LogP contribution in [0.3, 0.4) is 0 Å². The number of nitrogens with one attached hydrogen (secondary N) is 1. The van der Waals surface area contributed by atoms with E-state index in [1.807, 2.05) is 6.92 Å². The highest BCUT2D eigenvalue weighted by Gasteiger charge is 2.15. The van der Waals surface area contributed by atoms with Crippen LogP contribution < -0.4 is 5.32 Å². The van der Waals surface area contributed by atoms with Crippen LogP contribution in [-0.4, -0.2) is 23.5 Å². The van der Waals surface area contributed by atoms with Crippen LogP contribution in [-0.2, 0) is 9.53 Å². The van der Waals surface area contributed by atoms with E-state index in [0.717, 1.165) is 5.56 Å². The second kappa shape index (κ2) is 8.28. The molecule has 0 saturated carbocycles. The van der Waals surface area contributed by atoms with Gasteiger partial charge in [0.15, 0.2) is 12.3 Å². The maximum atomic E-state index is 13.0. The first-order valence-corrected chi connectivity index (χ1v) is 9.13. The molecule has 1 N–H and O–H groups in total. The summed E-state index contributed by atoms with van der Waals surface area (Å²) in [6, 6.07) is 10.9. The number of amides is 1. The maximum Gasteiger partial charge on any atom is 0.358 e. The number of nitrogens with zero attached hydrogens (tertiary/aromatic N) is 1. The van der Waals surface area contributed by atoms with Crippen LogP contribution in [0, 0.1) is 12.7 Å². The lowest BCUT2D eigenvalue weighted by molar-refractivity contribution is -0.119. The summed E-state index contributed by atoms with van der Waals surface area (Å²) >= 11 is 7.23. The third-order valence-electron chi connectivity index (χ3n) is 3.59. The van der Waals surface area contributed by atoms with Crippen LogP contribution in [0.5, 0.6) is 0 Å². The first-order valence-electron chi connectivity index (χ1n) is 7.87. The van der Waals surface area contributed by atoms with Crippen LogP contribution in [0.2, 0.25) is 5.02 Å². The van der Waals surface area contributed by atoms with E-state index in [9.17, 15) is 14.0 Å². The van der Waals surface area contributed by atoms with Crippen LogP contribution in [0.4, 0.5) is 10.1 Å². The SMILES string of the molecule is Cc1ccc(NC(=O)COC(=O)c2csc(-c3ccc(F)cc3)n2)cc1Cl. The number of thiazole rings is 1. The van der Waals surface area contributed by atoms with Crippen LogP contribution in [0.25, 0.3) is 10.6 Å². The Morgan fingerprint density at radius 2 is 1.96 bits per heavy atom. The van der Waals surface area contributed by atoms with Crippen molar-refractivity contribution >= 4 is 40.5 Å². The Labute approximate surface area is 163 Å². The fourth-order valence-electron chi connectivity index (χ4n) is 2.17. The van der Waals surface area contributed by atoms with Crippen molar-refractivity contribution < 1.29 is 18.7 Å². The molecule has 0 aliphatic rings. The standard InChI is InChI=1S/C19H14ClFN2O3S/c1-11-2-7-14(8-15(11)20)22-17(24)9-26-19(25)16-10-27-18(23-16)12-3-5-13(21)6-4-12/h2-8,10H,9H2,1H3,(H,22,24). The van der Waals surface area contributed by atoms with Crippen LogP contribution >= 0.6 is 22.9 Å². The molecular weight excluding hydrogens is 391 g/mol. The van der Waals surface area contributed by atoms with E-state index in [1.54, 1.807) is 30.3 Å². The summed E-state index contributed by atoms with van der Waals surface area (Å²) < 4.78 is 18.0. The number of hydrogen-bond donors (Lipinski definition) is 1. The zero-order chi connectivity index (χ0) is 19.4. The van der Waals surface area contributed by atoms with Crippen molar-refractivity contribution in [1.82, 2.24) is 4.98 Å². The van der Waals surface area contributed by atoms with E-state index in [0.29, 0.717) is 21.3 Å². The monoisotopic (exact) mass is 404 g/mol. The van der Waals surface area contributed by atoms with E-state index >= 15 is 0 Å². The minimum atomic E-state index is -0.711. The van der Waals surface area contributed by atoms with Gasteiger partial charge in [-0.05, 0) is 48.9 Å². The predicted molar refractivity (Wildman–Crippen MR) is 103 cm³/mol. The molecule has 1 amide bonds. The molecule has 5 nitrogen and oxygen atoms in total. The molecule has 2 aromatic carbocycles. The van der Waals surface area contributed by atoms with Crippen molar-refractivity contribution in [1.29, 1.82) is 0 Å². The summed E-state index contributed by atoms with van der Waals surface area (Å²) in [6.45, 7) is 1.40. The van der Waals surface area contributed by atoms with Crippen molar-refractivity contribution in [3.8, 4) is 10.6 Å². The summed E-state index contributed by atoms with van der Waals surface area (Å²) in [5, 5.41) is 5.21. The molecule has 0 fully saturated rings. The van der Waals surface area contributed by atoms with Crippen molar-refractivity contribution in [2.75, 3.05) is 11.9 Å². The lowest BCUT2D eigenvalue weighted by Crippen LogP contribution is -2.21. The lowest BCUT2D eigenvalue weighted by atomic mass is 10.2. The molecule has 138 valence electrons. The predicted octanol–water partition coefficient (Wildman–Crippen LogP) is 4.71. The highest BCUT2D eigenvalue weighted by molar-refractivity contribution is 7.13. The fraction of sp³-hybridized carbons (Fsp3) is 0.105. The molecule has 0 aliphatic heterocycles. The molecule has 1 heterocycles. The normalized spacial score (nSPS) is 10.5. The van der Waals surface area contributed by atoms with Crippen LogP contribution in [0.1, 0.15) is 16.1 Å². The molecule has 0 spiro atoms. The van der Waals surface area contributed by atoms with Gasteiger partial charge in [0.25, 0.3) is 5.91 Å². The smallest absolute Gasteiger partial charge is 0.358 e. The summed E-state index contributed by atoms with van der Waals surface area (Å²) in [5.74, 6) is -1.55. The lowest BCUT2D eigenvalue weighted by Gasteiger charge is -2.07. The number of esters is 1. The summed E-state index contributed by atoms with van der Waals surface area (Å²) in [4.78, 5) is 28.1. The Hall–Kier alpha value is -2.77. The van der Waals surface area contributed by atoms with Gasteiger partial charge in [0.2, 0.25) is 0 Å². The number of halogens is 2. The van der Waals surface area contributed by atoms with Gasteiger partial charge in [-0.3, -0.25) is 4.79 Å². The van der Waals surface area contributed by atoms with Crippen molar-refractivity contribution in [2.24, 2.45) is 0 Å². The van der Waals surface area contributed by atoms with E-state index < -0.39 is 18.5 Å². The summed E-state index contributed by atoms with van der Waals surface area (Å²) in [7, 11) is 0. The molecule has 0 saturated heterocycles. The largest absolute Gasteiger partial charge is 0.451 e. The van der Waals surface area contributed by atoms with Gasteiger partial charge < -0.3 is 10.1 Å². The number of carbonyl (C=O) groups excluding carboxylic acids is 2. The Morgan fingerprint density at radius 1 is 1.22 bits per heavy atom. The van der Waals surface area contributed by atoms with Gasteiger partial charge in [0.1, 0.15) is 10.8 Å². The number of carbonyl (C=O) groups is 2. The van der Waals surface area contributed by atoms with E-state index in [1.165, 1.54) is 28.8 Å². The summed E-state index contributed by atoms with van der Waals surface area (Å²) in [5.41, 5.74) is 2.18. The third kappa shape index (κ3) is 4.90. The zero-order valence-electron chi connectivity index (χ0n) is 14.2. The molecule has 3 rings (SSSR count). The minimum absolute atomic E-state index is 0.0884. The Balaban J connectivity index is 1.56. The van der Waals surface area contributed by atoms with Crippen molar-refractivity contribution in [2.45, 2.75) is 6.92 Å². The van der Waals surface area contributed by atoms with Gasteiger partial charge in [-0.2, -0.15) is 0 Å². The average molecular weight is 405 g/mol. The highest BCUT2D eigenvalue weighted by atomic mass is 35.5. The molecule has 0 unspecified atom stereocenters. The number of ether oxygens (including phenoxy) is 1. The minimum Gasteiger partial charge on any atom is -0.451 e. The Morgan fingerprint density at radius 3 is 2.67 bits per heavy atom. The van der Waals surface area contributed by atoms with Crippen LogP contribution in [0.15, 0.2) is 47.8 Å². The molecule has 0 radical (unpaired) electrons. The van der Waals surface area contributed by atoms with Gasteiger partial charge in [0, 0.05) is 21.7 Å². The molecule has 0 atom stereocenters. The number of anilines is 1. The van der Waals surface area contributed by atoms with Crippen molar-refractivity contribution in [3.05, 3.63) is 69.9 Å².